The summed E-state index contributed by atoms with van der Waals surface area (Å²) in [6.07, 6.45) is 1.71. The first-order chi connectivity index (χ1) is 18.0. The number of benzene rings is 2. The Hall–Kier alpha value is -3.71. The molecular formula is C31H36N4O2S. The molecule has 0 aliphatic heterocycles. The number of para-hydroxylation sites is 1. The van der Waals surface area contributed by atoms with E-state index in [0.717, 1.165) is 27.4 Å². The SMILES string of the molecule is CCN(C)C(=O)C(C)(C)c1nc(Nc2cccnc2Oc2ccccc2C(C)(C)C)sc1-c1ccccc1. The molecule has 2 aromatic heterocycles. The smallest absolute Gasteiger partial charge is 0.243 e. The number of amides is 1. The molecule has 198 valence electrons. The summed E-state index contributed by atoms with van der Waals surface area (Å²) < 4.78 is 6.36. The van der Waals surface area contributed by atoms with Gasteiger partial charge in [0.2, 0.25) is 11.8 Å². The van der Waals surface area contributed by atoms with E-state index in [2.05, 4.69) is 37.1 Å². The number of nitrogens with one attached hydrogen (secondary N) is 1. The lowest BCUT2D eigenvalue weighted by atomic mass is 9.85. The van der Waals surface area contributed by atoms with E-state index in [-0.39, 0.29) is 11.3 Å². The zero-order valence-corrected chi connectivity index (χ0v) is 24.0. The summed E-state index contributed by atoms with van der Waals surface area (Å²) in [4.78, 5) is 25.5. The molecular weight excluding hydrogens is 492 g/mol. The third-order valence-electron chi connectivity index (χ3n) is 6.53. The molecule has 2 heterocycles. The van der Waals surface area contributed by atoms with E-state index < -0.39 is 5.41 Å². The summed E-state index contributed by atoms with van der Waals surface area (Å²) in [6, 6.07) is 21.9. The van der Waals surface area contributed by atoms with E-state index in [9.17, 15) is 4.79 Å². The molecule has 4 rings (SSSR count). The van der Waals surface area contributed by atoms with Crippen molar-refractivity contribution in [2.45, 2.75) is 52.4 Å². The maximum absolute atomic E-state index is 13.4. The Morgan fingerprint density at radius 3 is 2.34 bits per heavy atom. The number of anilines is 2. The fourth-order valence-corrected chi connectivity index (χ4v) is 5.41. The predicted octanol–water partition coefficient (Wildman–Crippen LogP) is 7.79. The molecule has 1 amide bonds. The van der Waals surface area contributed by atoms with Crippen LogP contribution in [0.25, 0.3) is 10.4 Å². The van der Waals surface area contributed by atoms with Crippen LogP contribution in [0.15, 0.2) is 72.9 Å². The van der Waals surface area contributed by atoms with Crippen molar-refractivity contribution >= 4 is 28.1 Å². The number of thiazole rings is 1. The first-order valence-electron chi connectivity index (χ1n) is 12.8. The van der Waals surface area contributed by atoms with Crippen LogP contribution in [0.2, 0.25) is 0 Å². The van der Waals surface area contributed by atoms with Crippen molar-refractivity contribution in [3.05, 3.63) is 84.2 Å². The van der Waals surface area contributed by atoms with Gasteiger partial charge >= 0.3 is 0 Å². The van der Waals surface area contributed by atoms with E-state index in [1.165, 1.54) is 11.3 Å². The zero-order valence-electron chi connectivity index (χ0n) is 23.2. The Kier molecular flexibility index (Phi) is 7.88. The second kappa shape index (κ2) is 11.0. The first kappa shape index (κ1) is 27.3. The van der Waals surface area contributed by atoms with Gasteiger partial charge in [0.05, 0.1) is 16.0 Å². The van der Waals surface area contributed by atoms with Gasteiger partial charge in [0.15, 0.2) is 5.13 Å². The number of hydrogen-bond acceptors (Lipinski definition) is 6. The molecule has 7 heteroatoms. The van der Waals surface area contributed by atoms with Crippen molar-refractivity contribution in [1.82, 2.24) is 14.9 Å². The summed E-state index contributed by atoms with van der Waals surface area (Å²) in [5.74, 6) is 1.25. The van der Waals surface area contributed by atoms with Gasteiger partial charge in [-0.25, -0.2) is 9.97 Å². The van der Waals surface area contributed by atoms with Crippen LogP contribution in [-0.4, -0.2) is 34.4 Å². The molecule has 2 aromatic carbocycles. The van der Waals surface area contributed by atoms with E-state index in [0.29, 0.717) is 23.2 Å². The maximum Gasteiger partial charge on any atom is 0.243 e. The monoisotopic (exact) mass is 528 g/mol. The molecule has 0 aliphatic carbocycles. The van der Waals surface area contributed by atoms with Crippen molar-refractivity contribution in [3.8, 4) is 22.1 Å². The van der Waals surface area contributed by atoms with Crippen molar-refractivity contribution in [3.63, 3.8) is 0 Å². The molecule has 0 fully saturated rings. The Labute approximate surface area is 229 Å². The number of rotatable bonds is 8. The van der Waals surface area contributed by atoms with Gasteiger partial charge in [0.1, 0.15) is 11.4 Å². The molecule has 0 spiro atoms. The number of ether oxygens (including phenoxy) is 1. The van der Waals surface area contributed by atoms with Gasteiger partial charge in [-0.2, -0.15) is 0 Å². The number of aromatic nitrogens is 2. The normalized spacial score (nSPS) is 11.8. The molecule has 0 unspecified atom stereocenters. The lowest BCUT2D eigenvalue weighted by Gasteiger charge is -2.28. The van der Waals surface area contributed by atoms with Crippen molar-refractivity contribution in [2.75, 3.05) is 18.9 Å². The van der Waals surface area contributed by atoms with Gasteiger partial charge in [-0.1, -0.05) is 80.6 Å². The number of pyridine rings is 1. The highest BCUT2D eigenvalue weighted by molar-refractivity contribution is 7.19. The Morgan fingerprint density at radius 1 is 0.974 bits per heavy atom. The summed E-state index contributed by atoms with van der Waals surface area (Å²) in [7, 11) is 1.83. The average molecular weight is 529 g/mol. The molecule has 38 heavy (non-hydrogen) atoms. The molecule has 0 aliphatic rings. The van der Waals surface area contributed by atoms with Crippen molar-refractivity contribution in [2.24, 2.45) is 0 Å². The van der Waals surface area contributed by atoms with Gasteiger partial charge in [-0.15, -0.1) is 0 Å². The van der Waals surface area contributed by atoms with Gasteiger partial charge in [-0.3, -0.25) is 4.79 Å². The standard InChI is InChI=1S/C31H36N4O2S/c1-8-35(7)28(36)31(5,6)26-25(21-15-10-9-11-16-21)38-29(34-26)33-23-18-14-20-32-27(23)37-24-19-13-12-17-22(24)30(2,3)4/h9-20H,8H2,1-7H3,(H,33,34). The first-order valence-corrected chi connectivity index (χ1v) is 13.7. The van der Waals surface area contributed by atoms with Crippen molar-refractivity contribution in [1.29, 1.82) is 0 Å². The Balaban J connectivity index is 1.74. The summed E-state index contributed by atoms with van der Waals surface area (Å²) in [6.45, 7) is 13.0. The molecule has 6 nitrogen and oxygen atoms in total. The number of likely N-dealkylation sites (N-methyl/N-ethyl adjacent to an activating group) is 1. The minimum atomic E-state index is -0.813. The fraction of sp³-hybridized carbons (Fsp3) is 0.323. The predicted molar refractivity (Wildman–Crippen MR) is 157 cm³/mol. The van der Waals surface area contributed by atoms with Gasteiger partial charge < -0.3 is 15.0 Å². The van der Waals surface area contributed by atoms with Gasteiger partial charge in [-0.05, 0) is 49.9 Å². The van der Waals surface area contributed by atoms with Crippen LogP contribution in [0, 0.1) is 0 Å². The van der Waals surface area contributed by atoms with E-state index in [1.54, 1.807) is 11.1 Å². The number of carbonyl (C=O) groups excluding carboxylic acids is 1. The third-order valence-corrected chi connectivity index (χ3v) is 7.55. The second-order valence-electron chi connectivity index (χ2n) is 10.8. The third kappa shape index (κ3) is 5.73. The Morgan fingerprint density at radius 2 is 1.66 bits per heavy atom. The van der Waals surface area contributed by atoms with Crippen LogP contribution in [0.4, 0.5) is 10.8 Å². The van der Waals surface area contributed by atoms with Gasteiger partial charge in [0, 0.05) is 25.4 Å². The molecule has 4 aromatic rings. The van der Waals surface area contributed by atoms with Crippen LogP contribution >= 0.6 is 11.3 Å². The topological polar surface area (TPSA) is 67.4 Å². The van der Waals surface area contributed by atoms with E-state index >= 15 is 0 Å². The van der Waals surface area contributed by atoms with Crippen molar-refractivity contribution < 1.29 is 9.53 Å². The molecule has 0 radical (unpaired) electrons. The highest BCUT2D eigenvalue weighted by atomic mass is 32.1. The highest BCUT2D eigenvalue weighted by Gasteiger charge is 2.37. The molecule has 1 N–H and O–H groups in total. The largest absolute Gasteiger partial charge is 0.437 e. The van der Waals surface area contributed by atoms with Crippen LogP contribution in [0.3, 0.4) is 0 Å². The lowest BCUT2D eigenvalue weighted by Crippen LogP contribution is -2.41. The number of nitrogens with zero attached hydrogens (tertiary/aromatic N) is 3. The van der Waals surface area contributed by atoms with Gasteiger partial charge in [0.25, 0.3) is 0 Å². The minimum Gasteiger partial charge on any atom is -0.437 e. The second-order valence-corrected chi connectivity index (χ2v) is 11.8. The van der Waals surface area contributed by atoms with Crippen LogP contribution in [0.5, 0.6) is 11.6 Å². The van der Waals surface area contributed by atoms with E-state index in [1.807, 2.05) is 88.5 Å². The number of hydrogen-bond donors (Lipinski definition) is 1. The lowest BCUT2D eigenvalue weighted by molar-refractivity contribution is -0.134. The summed E-state index contributed by atoms with van der Waals surface area (Å²) >= 11 is 1.52. The quantitative estimate of drug-likeness (QED) is 0.253. The molecule has 0 saturated carbocycles. The molecule has 0 atom stereocenters. The summed E-state index contributed by atoms with van der Waals surface area (Å²) in [5, 5.41) is 4.10. The highest BCUT2D eigenvalue weighted by Crippen LogP contribution is 2.42. The van der Waals surface area contributed by atoms with E-state index in [4.69, 9.17) is 9.72 Å². The molecule has 0 bridgehead atoms. The zero-order chi connectivity index (χ0) is 27.5. The maximum atomic E-state index is 13.4. The van der Waals surface area contributed by atoms with Crippen LogP contribution < -0.4 is 10.1 Å². The Bertz CT molecular complexity index is 1410. The molecule has 0 saturated heterocycles. The average Bonchev–Trinajstić information content (AvgIpc) is 3.34. The summed E-state index contributed by atoms with van der Waals surface area (Å²) in [5.41, 5.74) is 2.66. The number of carbonyl (C=O) groups is 1. The minimum absolute atomic E-state index is 0.0261. The van der Waals surface area contributed by atoms with Crippen LogP contribution in [0.1, 0.15) is 52.8 Å². The van der Waals surface area contributed by atoms with Crippen LogP contribution in [-0.2, 0) is 15.6 Å². The fourth-order valence-electron chi connectivity index (χ4n) is 4.27.